The van der Waals surface area contributed by atoms with E-state index in [2.05, 4.69) is 56.4 Å². The van der Waals surface area contributed by atoms with Gasteiger partial charge < -0.3 is 16.4 Å². The summed E-state index contributed by atoms with van der Waals surface area (Å²) in [5.41, 5.74) is 11.0. The van der Waals surface area contributed by atoms with Crippen LogP contribution in [0.15, 0.2) is 53.3 Å². The van der Waals surface area contributed by atoms with Gasteiger partial charge in [-0.05, 0) is 55.3 Å². The average molecular weight is 384 g/mol. The van der Waals surface area contributed by atoms with Crippen LogP contribution in [-0.2, 0) is 0 Å². The molecule has 0 spiro atoms. The van der Waals surface area contributed by atoms with Gasteiger partial charge in [-0.3, -0.25) is 0 Å². The minimum Gasteiger partial charge on any atom is -0.393 e. The van der Waals surface area contributed by atoms with E-state index in [1.54, 1.807) is 0 Å². The summed E-state index contributed by atoms with van der Waals surface area (Å²) >= 11 is 3.42. The SMILES string of the molecule is Cc1cccc(Nc2ncnc(Nc3ccc(Br)cc3)c2N)c1C. The Balaban J connectivity index is 1.88. The number of aromatic nitrogens is 2. The number of anilines is 5. The van der Waals surface area contributed by atoms with E-state index in [1.165, 1.54) is 11.9 Å². The molecule has 24 heavy (non-hydrogen) atoms. The summed E-state index contributed by atoms with van der Waals surface area (Å²) < 4.78 is 1.01. The maximum absolute atomic E-state index is 6.24. The van der Waals surface area contributed by atoms with Gasteiger partial charge in [0, 0.05) is 15.8 Å². The second-order valence-corrected chi connectivity index (χ2v) is 6.40. The minimum atomic E-state index is 0.473. The van der Waals surface area contributed by atoms with Crippen LogP contribution >= 0.6 is 15.9 Å². The first-order valence-corrected chi connectivity index (χ1v) is 8.30. The number of nitrogens with zero attached hydrogens (tertiary/aromatic N) is 2. The zero-order valence-corrected chi connectivity index (χ0v) is 15.1. The van der Waals surface area contributed by atoms with E-state index < -0.39 is 0 Å². The van der Waals surface area contributed by atoms with Gasteiger partial charge in [0.25, 0.3) is 0 Å². The topological polar surface area (TPSA) is 75.9 Å². The van der Waals surface area contributed by atoms with Crippen LogP contribution in [0.3, 0.4) is 0 Å². The molecule has 0 unspecified atom stereocenters. The number of hydrogen-bond donors (Lipinski definition) is 3. The van der Waals surface area contributed by atoms with Crippen LogP contribution in [0.25, 0.3) is 0 Å². The van der Waals surface area contributed by atoms with Crippen molar-refractivity contribution in [1.82, 2.24) is 9.97 Å². The molecule has 0 amide bonds. The van der Waals surface area contributed by atoms with E-state index in [0.717, 1.165) is 21.4 Å². The zero-order valence-electron chi connectivity index (χ0n) is 13.5. The first-order chi connectivity index (χ1) is 11.5. The van der Waals surface area contributed by atoms with Crippen molar-refractivity contribution in [3.63, 3.8) is 0 Å². The molecule has 6 heteroatoms. The van der Waals surface area contributed by atoms with E-state index in [0.29, 0.717) is 17.3 Å². The summed E-state index contributed by atoms with van der Waals surface area (Å²) in [6.07, 6.45) is 1.49. The molecule has 3 rings (SSSR count). The van der Waals surface area contributed by atoms with Crippen molar-refractivity contribution in [1.29, 1.82) is 0 Å². The zero-order chi connectivity index (χ0) is 17.1. The fourth-order valence-corrected chi connectivity index (χ4v) is 2.54. The molecule has 0 atom stereocenters. The normalized spacial score (nSPS) is 10.5. The van der Waals surface area contributed by atoms with Crippen molar-refractivity contribution in [3.05, 3.63) is 64.4 Å². The molecule has 122 valence electrons. The molecule has 4 N–H and O–H groups in total. The van der Waals surface area contributed by atoms with Crippen LogP contribution in [0.2, 0.25) is 0 Å². The Morgan fingerprint density at radius 1 is 0.917 bits per heavy atom. The van der Waals surface area contributed by atoms with Gasteiger partial charge in [0.1, 0.15) is 12.0 Å². The summed E-state index contributed by atoms with van der Waals surface area (Å²) in [6, 6.07) is 13.9. The molecule has 1 heterocycles. The highest BCUT2D eigenvalue weighted by atomic mass is 79.9. The van der Waals surface area contributed by atoms with Gasteiger partial charge in [-0.15, -0.1) is 0 Å². The van der Waals surface area contributed by atoms with Gasteiger partial charge in [-0.2, -0.15) is 0 Å². The molecule has 3 aromatic rings. The van der Waals surface area contributed by atoms with Gasteiger partial charge in [0.2, 0.25) is 0 Å². The lowest BCUT2D eigenvalue weighted by atomic mass is 10.1. The van der Waals surface area contributed by atoms with Crippen LogP contribution < -0.4 is 16.4 Å². The number of nitrogens with one attached hydrogen (secondary N) is 2. The van der Waals surface area contributed by atoms with Gasteiger partial charge in [-0.1, -0.05) is 28.1 Å². The summed E-state index contributed by atoms with van der Waals surface area (Å²) in [5.74, 6) is 1.15. The molecule has 0 fully saturated rings. The third-order valence-corrected chi connectivity index (χ3v) is 4.38. The quantitative estimate of drug-likeness (QED) is 0.595. The van der Waals surface area contributed by atoms with E-state index in [4.69, 9.17) is 5.73 Å². The maximum atomic E-state index is 6.24. The predicted molar refractivity (Wildman–Crippen MR) is 103 cm³/mol. The van der Waals surface area contributed by atoms with Crippen LogP contribution in [0.5, 0.6) is 0 Å². The number of halogens is 1. The third kappa shape index (κ3) is 3.49. The Hall–Kier alpha value is -2.60. The maximum Gasteiger partial charge on any atom is 0.159 e. The lowest BCUT2D eigenvalue weighted by Gasteiger charge is -2.14. The van der Waals surface area contributed by atoms with Crippen molar-refractivity contribution < 1.29 is 0 Å². The van der Waals surface area contributed by atoms with Crippen molar-refractivity contribution in [2.75, 3.05) is 16.4 Å². The first kappa shape index (κ1) is 16.3. The summed E-state index contributed by atoms with van der Waals surface area (Å²) in [5, 5.41) is 6.51. The lowest BCUT2D eigenvalue weighted by molar-refractivity contribution is 1.17. The molecule has 0 radical (unpaired) electrons. The standard InChI is InChI=1S/C18H18BrN5/c1-11-4-3-5-15(12(11)2)24-18-16(20)17(21-10-22-18)23-14-8-6-13(19)7-9-14/h3-10H,20H2,1-2H3,(H2,21,22,23,24). The summed E-state index contributed by atoms with van der Waals surface area (Å²) in [7, 11) is 0. The molecule has 0 saturated carbocycles. The van der Waals surface area contributed by atoms with Gasteiger partial charge >= 0.3 is 0 Å². The monoisotopic (exact) mass is 383 g/mol. The molecule has 0 saturated heterocycles. The molecule has 2 aromatic carbocycles. The molecule has 0 aliphatic rings. The Morgan fingerprint density at radius 3 is 2.29 bits per heavy atom. The third-order valence-electron chi connectivity index (χ3n) is 3.85. The number of benzene rings is 2. The van der Waals surface area contributed by atoms with Crippen LogP contribution in [0, 0.1) is 13.8 Å². The number of nitrogen functional groups attached to an aromatic ring is 1. The van der Waals surface area contributed by atoms with Crippen LogP contribution in [-0.4, -0.2) is 9.97 Å². The molecular weight excluding hydrogens is 366 g/mol. The van der Waals surface area contributed by atoms with Gasteiger partial charge in [0.15, 0.2) is 11.6 Å². The highest BCUT2D eigenvalue weighted by Gasteiger charge is 2.10. The predicted octanol–water partition coefficient (Wildman–Crippen LogP) is 4.93. The Morgan fingerprint density at radius 2 is 1.58 bits per heavy atom. The minimum absolute atomic E-state index is 0.473. The highest BCUT2D eigenvalue weighted by Crippen LogP contribution is 2.30. The average Bonchev–Trinajstić information content (AvgIpc) is 2.57. The first-order valence-electron chi connectivity index (χ1n) is 7.51. The van der Waals surface area contributed by atoms with Crippen LogP contribution in [0.1, 0.15) is 11.1 Å². The second-order valence-electron chi connectivity index (χ2n) is 5.49. The number of aryl methyl sites for hydroxylation is 1. The summed E-state index contributed by atoms with van der Waals surface area (Å²) in [6.45, 7) is 4.14. The lowest BCUT2D eigenvalue weighted by Crippen LogP contribution is -2.06. The Labute approximate surface area is 149 Å². The Kier molecular flexibility index (Phi) is 4.66. The number of nitrogens with two attached hydrogens (primary N) is 1. The smallest absolute Gasteiger partial charge is 0.159 e. The second kappa shape index (κ2) is 6.88. The van der Waals surface area contributed by atoms with E-state index in [-0.39, 0.29) is 0 Å². The number of hydrogen-bond acceptors (Lipinski definition) is 5. The fourth-order valence-electron chi connectivity index (χ4n) is 2.28. The van der Waals surface area contributed by atoms with Gasteiger partial charge in [-0.25, -0.2) is 9.97 Å². The van der Waals surface area contributed by atoms with Crippen molar-refractivity contribution in [2.24, 2.45) is 0 Å². The van der Waals surface area contributed by atoms with E-state index in [1.807, 2.05) is 36.4 Å². The molecule has 1 aromatic heterocycles. The molecular formula is C18H18BrN5. The molecule has 0 aliphatic heterocycles. The van der Waals surface area contributed by atoms with E-state index >= 15 is 0 Å². The molecule has 0 bridgehead atoms. The van der Waals surface area contributed by atoms with E-state index in [9.17, 15) is 0 Å². The molecule has 0 aliphatic carbocycles. The van der Waals surface area contributed by atoms with Crippen molar-refractivity contribution >= 4 is 44.6 Å². The van der Waals surface area contributed by atoms with Crippen LogP contribution in [0.4, 0.5) is 28.7 Å². The van der Waals surface area contributed by atoms with Crippen molar-refractivity contribution in [3.8, 4) is 0 Å². The largest absolute Gasteiger partial charge is 0.393 e. The number of rotatable bonds is 4. The molecule has 5 nitrogen and oxygen atoms in total. The van der Waals surface area contributed by atoms with Gasteiger partial charge in [0.05, 0.1) is 0 Å². The van der Waals surface area contributed by atoms with Crippen molar-refractivity contribution in [2.45, 2.75) is 13.8 Å². The summed E-state index contributed by atoms with van der Waals surface area (Å²) in [4.78, 5) is 8.51. The highest BCUT2D eigenvalue weighted by molar-refractivity contribution is 9.10. The Bertz CT molecular complexity index is 862. The fraction of sp³-hybridized carbons (Fsp3) is 0.111.